The number of rotatable bonds is 2. The highest BCUT2D eigenvalue weighted by molar-refractivity contribution is 7.37. The predicted octanol–water partition coefficient (Wildman–Crippen LogP) is 13.3. The normalized spacial score (nSPS) is 12.3. The van der Waals surface area contributed by atoms with Gasteiger partial charge in [0.2, 0.25) is 0 Å². The van der Waals surface area contributed by atoms with Crippen LogP contribution in [0.5, 0.6) is 0 Å². The van der Waals surface area contributed by atoms with Crippen LogP contribution in [0.15, 0.2) is 121 Å². The number of thiophene rings is 4. The molecule has 4 heterocycles. The molecule has 0 N–H and O–H groups in total. The van der Waals surface area contributed by atoms with Crippen molar-refractivity contribution in [2.75, 3.05) is 0 Å². The molecule has 0 nitrogen and oxygen atoms in total. The van der Waals surface area contributed by atoms with Crippen LogP contribution < -0.4 is 0 Å². The van der Waals surface area contributed by atoms with Gasteiger partial charge in [-0.2, -0.15) is 0 Å². The smallest absolute Gasteiger partial charge is 0.0542 e. The minimum Gasteiger partial charge on any atom is -0.134 e. The van der Waals surface area contributed by atoms with Crippen LogP contribution >= 0.6 is 45.3 Å². The summed E-state index contributed by atoms with van der Waals surface area (Å²) in [5.41, 5.74) is 5.12. The lowest BCUT2D eigenvalue weighted by molar-refractivity contribution is 1.61. The first-order chi connectivity index (χ1) is 20.8. The Morgan fingerprint density at radius 1 is 0.310 bits per heavy atom. The maximum Gasteiger partial charge on any atom is 0.0542 e. The van der Waals surface area contributed by atoms with E-state index in [0.29, 0.717) is 0 Å². The molecule has 0 spiro atoms. The Morgan fingerprint density at radius 2 is 0.738 bits per heavy atom. The fraction of sp³-hybridized carbons (Fsp3) is 0. The molecule has 10 aromatic rings. The van der Waals surface area contributed by atoms with Crippen molar-refractivity contribution in [3.8, 4) is 22.3 Å². The van der Waals surface area contributed by atoms with Gasteiger partial charge >= 0.3 is 0 Å². The standard InChI is InChI=1S/C38H20S4/c1-3-9-21(10-4-1)26-19-30-34(20-27(26)22-11-5-2-6-12-22)42-37-29-16-24-17-32-28(15-23(24)18-33(29)41-38(30)37)36-35(40-32)25-13-7-8-14-31(25)39-36/h1-20H. The van der Waals surface area contributed by atoms with E-state index in [1.54, 1.807) is 0 Å². The van der Waals surface area contributed by atoms with E-state index >= 15 is 0 Å². The molecule has 42 heavy (non-hydrogen) atoms. The molecule has 0 bridgehead atoms. The van der Waals surface area contributed by atoms with Crippen LogP contribution in [0.1, 0.15) is 0 Å². The molecule has 0 aliphatic heterocycles. The number of hydrogen-bond acceptors (Lipinski definition) is 4. The van der Waals surface area contributed by atoms with E-state index in [2.05, 4.69) is 121 Å². The van der Waals surface area contributed by atoms with Crippen LogP contribution in [-0.4, -0.2) is 0 Å². The molecular weight excluding hydrogens is 585 g/mol. The van der Waals surface area contributed by atoms with Crippen molar-refractivity contribution in [2.45, 2.75) is 0 Å². The molecule has 6 aromatic carbocycles. The number of fused-ring (bicyclic) bond motifs is 11. The van der Waals surface area contributed by atoms with Crippen LogP contribution in [0.3, 0.4) is 0 Å². The molecule has 0 radical (unpaired) electrons. The van der Waals surface area contributed by atoms with Crippen LogP contribution in [0.2, 0.25) is 0 Å². The second kappa shape index (κ2) is 8.73. The van der Waals surface area contributed by atoms with Gasteiger partial charge in [0, 0.05) is 40.3 Å². The minimum absolute atomic E-state index is 1.26. The van der Waals surface area contributed by atoms with Crippen molar-refractivity contribution in [1.82, 2.24) is 0 Å². The summed E-state index contributed by atoms with van der Waals surface area (Å²) >= 11 is 7.77. The second-order valence-electron chi connectivity index (χ2n) is 10.9. The third-order valence-electron chi connectivity index (χ3n) is 8.45. The molecule has 196 valence electrons. The van der Waals surface area contributed by atoms with E-state index in [9.17, 15) is 0 Å². The summed E-state index contributed by atoms with van der Waals surface area (Å²) in [6.45, 7) is 0. The zero-order chi connectivity index (χ0) is 27.4. The molecule has 0 unspecified atom stereocenters. The van der Waals surface area contributed by atoms with Gasteiger partial charge in [-0.3, -0.25) is 0 Å². The quantitative estimate of drug-likeness (QED) is 0.184. The molecular formula is C38H20S4. The van der Waals surface area contributed by atoms with Crippen molar-refractivity contribution in [2.24, 2.45) is 0 Å². The Labute approximate surface area is 257 Å². The highest BCUT2D eigenvalue weighted by Crippen LogP contribution is 2.50. The van der Waals surface area contributed by atoms with Gasteiger partial charge in [0.1, 0.15) is 0 Å². The van der Waals surface area contributed by atoms with Crippen LogP contribution in [-0.2, 0) is 0 Å². The van der Waals surface area contributed by atoms with E-state index in [1.807, 2.05) is 45.3 Å². The van der Waals surface area contributed by atoms with Crippen molar-refractivity contribution in [1.29, 1.82) is 0 Å². The van der Waals surface area contributed by atoms with Gasteiger partial charge in [0.15, 0.2) is 0 Å². The zero-order valence-electron chi connectivity index (χ0n) is 22.2. The molecule has 10 rings (SSSR count). The average Bonchev–Trinajstić information content (AvgIpc) is 3.77. The monoisotopic (exact) mass is 604 g/mol. The van der Waals surface area contributed by atoms with Gasteiger partial charge in [-0.05, 0) is 75.5 Å². The molecule has 0 amide bonds. The summed E-state index contributed by atoms with van der Waals surface area (Å²) in [7, 11) is 0. The van der Waals surface area contributed by atoms with Gasteiger partial charge in [-0.25, -0.2) is 0 Å². The lowest BCUT2D eigenvalue weighted by Gasteiger charge is -2.11. The van der Waals surface area contributed by atoms with Gasteiger partial charge < -0.3 is 0 Å². The van der Waals surface area contributed by atoms with E-state index in [0.717, 1.165) is 0 Å². The zero-order valence-corrected chi connectivity index (χ0v) is 25.4. The Bertz CT molecular complexity index is 2660. The molecule has 0 saturated carbocycles. The van der Waals surface area contributed by atoms with Crippen LogP contribution in [0.25, 0.3) is 92.2 Å². The summed E-state index contributed by atoms with van der Waals surface area (Å²) in [4.78, 5) is 0. The van der Waals surface area contributed by atoms with E-state index < -0.39 is 0 Å². The fourth-order valence-electron chi connectivity index (χ4n) is 6.46. The Balaban J connectivity index is 1.23. The predicted molar refractivity (Wildman–Crippen MR) is 191 cm³/mol. The van der Waals surface area contributed by atoms with Gasteiger partial charge in [-0.15, -0.1) is 45.3 Å². The van der Waals surface area contributed by atoms with Crippen LogP contribution in [0, 0.1) is 0 Å². The fourth-order valence-corrected chi connectivity index (χ4v) is 11.8. The summed E-state index contributed by atoms with van der Waals surface area (Å²) < 4.78 is 11.2. The summed E-state index contributed by atoms with van der Waals surface area (Å²) in [5, 5.41) is 8.21. The number of benzene rings is 6. The van der Waals surface area contributed by atoms with Crippen molar-refractivity contribution >= 4 is 115 Å². The maximum absolute atomic E-state index is 2.44. The Kier molecular flexibility index (Phi) is 4.88. The molecule has 0 aliphatic rings. The highest BCUT2D eigenvalue weighted by Gasteiger charge is 2.18. The summed E-state index contributed by atoms with van der Waals surface area (Å²) in [6.07, 6.45) is 0. The lowest BCUT2D eigenvalue weighted by Crippen LogP contribution is -1.85. The van der Waals surface area contributed by atoms with Gasteiger partial charge in [0.25, 0.3) is 0 Å². The van der Waals surface area contributed by atoms with Crippen molar-refractivity contribution < 1.29 is 0 Å². The molecule has 4 heteroatoms. The third kappa shape index (κ3) is 3.32. The van der Waals surface area contributed by atoms with Gasteiger partial charge in [-0.1, -0.05) is 78.9 Å². The second-order valence-corrected chi connectivity index (χ2v) is 15.1. The molecule has 0 fully saturated rings. The summed E-state index contributed by atoms with van der Waals surface area (Å²) in [5.74, 6) is 0. The lowest BCUT2D eigenvalue weighted by atomic mass is 9.93. The Hall–Kier alpha value is -4.06. The third-order valence-corrected chi connectivity index (χ3v) is 13.5. The van der Waals surface area contributed by atoms with Crippen molar-refractivity contribution in [3.63, 3.8) is 0 Å². The van der Waals surface area contributed by atoms with Gasteiger partial charge in [0.05, 0.1) is 18.8 Å². The van der Waals surface area contributed by atoms with E-state index in [-0.39, 0.29) is 0 Å². The molecule has 0 atom stereocenters. The molecule has 0 saturated heterocycles. The van der Waals surface area contributed by atoms with Crippen LogP contribution in [0.4, 0.5) is 0 Å². The van der Waals surface area contributed by atoms with Crippen molar-refractivity contribution in [3.05, 3.63) is 121 Å². The summed E-state index contributed by atoms with van der Waals surface area (Å²) in [6, 6.07) is 45.1. The van der Waals surface area contributed by atoms with E-state index in [4.69, 9.17) is 0 Å². The largest absolute Gasteiger partial charge is 0.134 e. The molecule has 4 aromatic heterocycles. The Morgan fingerprint density at radius 3 is 1.33 bits per heavy atom. The molecule has 0 aliphatic carbocycles. The van der Waals surface area contributed by atoms with E-state index in [1.165, 1.54) is 92.2 Å². The first-order valence-corrected chi connectivity index (χ1v) is 17.3. The topological polar surface area (TPSA) is 0 Å². The first kappa shape index (κ1) is 23.5. The highest BCUT2D eigenvalue weighted by atomic mass is 32.1. The number of hydrogen-bond donors (Lipinski definition) is 0. The first-order valence-electron chi connectivity index (χ1n) is 14.0. The maximum atomic E-state index is 2.44. The average molecular weight is 605 g/mol. The SMILES string of the molecule is c1ccc(-c2cc3sc4c5cc6cc7sc8c9ccccc9sc8c7cc6cc5sc4c3cc2-c2ccccc2)cc1. The minimum atomic E-state index is 1.26.